The van der Waals surface area contributed by atoms with Crippen LogP contribution in [0.2, 0.25) is 5.02 Å². The SMILES string of the molecule is Cc1cc(Cl)cc(Oc2ccc(C#N)cc2S(=O)(=O)N2CCN(S(C)(=O)=O)CC2)c1. The van der Waals surface area contributed by atoms with Crippen molar-refractivity contribution in [3.05, 3.63) is 52.5 Å². The van der Waals surface area contributed by atoms with Gasteiger partial charge in [0.25, 0.3) is 0 Å². The molecule has 0 unspecified atom stereocenters. The van der Waals surface area contributed by atoms with Gasteiger partial charge in [0.1, 0.15) is 16.4 Å². The molecule has 1 aliphatic rings. The third kappa shape index (κ3) is 4.94. The van der Waals surface area contributed by atoms with E-state index in [9.17, 15) is 22.1 Å². The molecular formula is C19H20ClN3O5S2. The highest BCUT2D eigenvalue weighted by Crippen LogP contribution is 2.33. The maximum absolute atomic E-state index is 13.3. The van der Waals surface area contributed by atoms with E-state index in [2.05, 4.69) is 0 Å². The Morgan fingerprint density at radius 2 is 1.63 bits per heavy atom. The smallest absolute Gasteiger partial charge is 0.246 e. The minimum atomic E-state index is -4.03. The first-order valence-electron chi connectivity index (χ1n) is 8.95. The molecular weight excluding hydrogens is 450 g/mol. The highest BCUT2D eigenvalue weighted by atomic mass is 35.5. The molecule has 1 heterocycles. The van der Waals surface area contributed by atoms with Crippen LogP contribution >= 0.6 is 11.6 Å². The Kier molecular flexibility index (Phi) is 6.40. The van der Waals surface area contributed by atoms with Gasteiger partial charge in [-0.3, -0.25) is 0 Å². The standard InChI is InChI=1S/C19H20ClN3O5S2/c1-14-9-16(20)12-17(10-14)28-18-4-3-15(13-21)11-19(18)30(26,27)23-7-5-22(6-8-23)29(2,24)25/h3-4,9-12H,5-8H2,1-2H3. The predicted octanol–water partition coefficient (Wildman–Crippen LogP) is 2.58. The first-order chi connectivity index (χ1) is 14.0. The van der Waals surface area contributed by atoms with Gasteiger partial charge < -0.3 is 4.74 Å². The maximum atomic E-state index is 13.3. The van der Waals surface area contributed by atoms with Crippen LogP contribution in [0.5, 0.6) is 11.5 Å². The summed E-state index contributed by atoms with van der Waals surface area (Å²) in [5, 5.41) is 9.67. The van der Waals surface area contributed by atoms with Crippen molar-refractivity contribution < 1.29 is 21.6 Å². The lowest BCUT2D eigenvalue weighted by atomic mass is 10.2. The van der Waals surface area contributed by atoms with E-state index in [-0.39, 0.29) is 42.4 Å². The number of benzene rings is 2. The average molecular weight is 470 g/mol. The highest BCUT2D eigenvalue weighted by Gasteiger charge is 2.33. The molecule has 30 heavy (non-hydrogen) atoms. The van der Waals surface area contributed by atoms with Gasteiger partial charge in [0, 0.05) is 31.2 Å². The van der Waals surface area contributed by atoms with E-state index >= 15 is 0 Å². The summed E-state index contributed by atoms with van der Waals surface area (Å²) in [7, 11) is -7.43. The van der Waals surface area contributed by atoms with Crippen molar-refractivity contribution in [3.8, 4) is 17.6 Å². The Bertz CT molecular complexity index is 1190. The summed E-state index contributed by atoms with van der Waals surface area (Å²) in [4.78, 5) is -0.160. The second kappa shape index (κ2) is 8.53. The fraction of sp³-hybridized carbons (Fsp3) is 0.316. The zero-order valence-corrected chi connectivity index (χ0v) is 18.8. The molecule has 160 valence electrons. The second-order valence-electron chi connectivity index (χ2n) is 6.91. The van der Waals surface area contributed by atoms with Gasteiger partial charge >= 0.3 is 0 Å². The van der Waals surface area contributed by atoms with Crippen LogP contribution in [0.25, 0.3) is 0 Å². The molecule has 1 saturated heterocycles. The molecule has 0 bridgehead atoms. The highest BCUT2D eigenvalue weighted by molar-refractivity contribution is 7.89. The molecule has 3 rings (SSSR count). The van der Waals surface area contributed by atoms with Crippen molar-refractivity contribution in [2.75, 3.05) is 32.4 Å². The lowest BCUT2D eigenvalue weighted by Crippen LogP contribution is -2.50. The van der Waals surface area contributed by atoms with Crippen LogP contribution < -0.4 is 4.74 Å². The molecule has 2 aromatic carbocycles. The first kappa shape index (κ1) is 22.5. The summed E-state index contributed by atoms with van der Waals surface area (Å²) >= 11 is 6.06. The van der Waals surface area contributed by atoms with Gasteiger partial charge in [-0.05, 0) is 48.9 Å². The average Bonchev–Trinajstić information content (AvgIpc) is 2.67. The molecule has 0 atom stereocenters. The summed E-state index contributed by atoms with van der Waals surface area (Å²) in [5.74, 6) is 0.421. The molecule has 0 spiro atoms. The Labute approximate surface area is 181 Å². The minimum Gasteiger partial charge on any atom is -0.456 e. The van der Waals surface area contributed by atoms with Crippen LogP contribution in [0.3, 0.4) is 0 Å². The number of ether oxygens (including phenoxy) is 1. The monoisotopic (exact) mass is 469 g/mol. The van der Waals surface area contributed by atoms with E-state index in [1.165, 1.54) is 26.8 Å². The van der Waals surface area contributed by atoms with Crippen molar-refractivity contribution in [3.63, 3.8) is 0 Å². The van der Waals surface area contributed by atoms with E-state index in [0.29, 0.717) is 10.8 Å². The van der Waals surface area contributed by atoms with Crippen LogP contribution in [-0.4, -0.2) is 57.9 Å². The van der Waals surface area contributed by atoms with Crippen LogP contribution in [-0.2, 0) is 20.0 Å². The van der Waals surface area contributed by atoms with Gasteiger partial charge in [-0.1, -0.05) is 11.6 Å². The fourth-order valence-corrected chi connectivity index (χ4v) is 5.80. The molecule has 0 N–H and O–H groups in total. The van der Waals surface area contributed by atoms with Crippen LogP contribution in [0.15, 0.2) is 41.3 Å². The third-order valence-electron chi connectivity index (χ3n) is 4.60. The van der Waals surface area contributed by atoms with Crippen molar-refractivity contribution in [2.45, 2.75) is 11.8 Å². The zero-order chi connectivity index (χ0) is 22.1. The Morgan fingerprint density at radius 1 is 1.00 bits per heavy atom. The normalized spacial score (nSPS) is 16.2. The largest absolute Gasteiger partial charge is 0.456 e. The molecule has 0 amide bonds. The van der Waals surface area contributed by atoms with E-state index < -0.39 is 20.0 Å². The lowest BCUT2D eigenvalue weighted by Gasteiger charge is -2.32. The van der Waals surface area contributed by atoms with Crippen LogP contribution in [0.4, 0.5) is 0 Å². The molecule has 11 heteroatoms. The fourth-order valence-electron chi connectivity index (χ4n) is 3.13. The Hall–Kier alpha value is -2.16. The molecule has 8 nitrogen and oxygen atoms in total. The number of sulfonamides is 2. The van der Waals surface area contributed by atoms with Crippen molar-refractivity contribution in [2.24, 2.45) is 0 Å². The van der Waals surface area contributed by atoms with Gasteiger partial charge in [-0.2, -0.15) is 13.9 Å². The molecule has 1 fully saturated rings. The van der Waals surface area contributed by atoms with Gasteiger partial charge in [0.05, 0.1) is 17.9 Å². The Balaban J connectivity index is 1.96. The summed E-state index contributed by atoms with van der Waals surface area (Å²) in [5.41, 5.74) is 1.01. The summed E-state index contributed by atoms with van der Waals surface area (Å²) in [6, 6.07) is 11.1. The molecule has 1 aliphatic heterocycles. The number of hydrogen-bond donors (Lipinski definition) is 0. The molecule has 0 saturated carbocycles. The van der Waals surface area contributed by atoms with E-state index in [1.54, 1.807) is 18.2 Å². The van der Waals surface area contributed by atoms with Crippen molar-refractivity contribution >= 4 is 31.6 Å². The number of nitrogens with zero attached hydrogens (tertiary/aromatic N) is 3. The molecule has 0 aliphatic carbocycles. The topological polar surface area (TPSA) is 108 Å². The van der Waals surface area contributed by atoms with Crippen molar-refractivity contribution in [1.82, 2.24) is 8.61 Å². The molecule has 0 radical (unpaired) electrons. The van der Waals surface area contributed by atoms with Gasteiger partial charge in [-0.15, -0.1) is 0 Å². The van der Waals surface area contributed by atoms with Crippen LogP contribution in [0.1, 0.15) is 11.1 Å². The van der Waals surface area contributed by atoms with Crippen LogP contribution in [0, 0.1) is 18.3 Å². The molecule has 2 aromatic rings. The summed E-state index contributed by atoms with van der Waals surface area (Å²) in [6.07, 6.45) is 1.09. The van der Waals surface area contributed by atoms with E-state index in [4.69, 9.17) is 16.3 Å². The van der Waals surface area contributed by atoms with Gasteiger partial charge in [0.15, 0.2) is 0 Å². The second-order valence-corrected chi connectivity index (χ2v) is 11.2. The first-order valence-corrected chi connectivity index (χ1v) is 12.6. The predicted molar refractivity (Wildman–Crippen MR) is 113 cm³/mol. The number of nitriles is 1. The van der Waals surface area contributed by atoms with E-state index in [0.717, 1.165) is 11.8 Å². The Morgan fingerprint density at radius 3 is 2.20 bits per heavy atom. The summed E-state index contributed by atoms with van der Waals surface area (Å²) in [6.45, 7) is 1.94. The number of rotatable bonds is 5. The number of halogens is 1. The number of aryl methyl sites for hydroxylation is 1. The van der Waals surface area contributed by atoms with Gasteiger partial charge in [0.2, 0.25) is 20.0 Å². The summed E-state index contributed by atoms with van der Waals surface area (Å²) < 4.78 is 58.2. The lowest BCUT2D eigenvalue weighted by molar-refractivity contribution is 0.273. The number of hydrogen-bond acceptors (Lipinski definition) is 6. The third-order valence-corrected chi connectivity index (χ3v) is 8.04. The zero-order valence-electron chi connectivity index (χ0n) is 16.4. The van der Waals surface area contributed by atoms with E-state index in [1.807, 2.05) is 13.0 Å². The quantitative estimate of drug-likeness (QED) is 0.666. The van der Waals surface area contributed by atoms with Crippen molar-refractivity contribution in [1.29, 1.82) is 5.26 Å². The number of piperazine rings is 1. The maximum Gasteiger partial charge on any atom is 0.246 e. The minimum absolute atomic E-state index is 0.00188. The molecule has 0 aromatic heterocycles. The van der Waals surface area contributed by atoms with Gasteiger partial charge in [-0.25, -0.2) is 16.8 Å².